The normalized spacial score (nSPS) is 12.6. The lowest BCUT2D eigenvalue weighted by Crippen LogP contribution is -2.38. The summed E-state index contributed by atoms with van der Waals surface area (Å²) in [6.07, 6.45) is 0.448. The van der Waals surface area contributed by atoms with Gasteiger partial charge in [0.05, 0.1) is 33.1 Å². The van der Waals surface area contributed by atoms with Gasteiger partial charge in [-0.2, -0.15) is 5.26 Å². The van der Waals surface area contributed by atoms with E-state index in [-0.39, 0.29) is 24.3 Å². The molecule has 3 rings (SSSR count). The van der Waals surface area contributed by atoms with Crippen LogP contribution in [-0.2, 0) is 13.0 Å². The van der Waals surface area contributed by atoms with Crippen LogP contribution in [0.2, 0.25) is 0 Å². The Hall–Kier alpha value is -3.04. The molecule has 1 heterocycles. The zero-order chi connectivity index (χ0) is 24.1. The molecule has 10 nitrogen and oxygen atoms in total. The van der Waals surface area contributed by atoms with Gasteiger partial charge in [0.25, 0.3) is 17.3 Å². The van der Waals surface area contributed by atoms with Gasteiger partial charge in [-0.05, 0) is 23.6 Å². The van der Waals surface area contributed by atoms with Gasteiger partial charge in [-0.15, -0.1) is 0 Å². The van der Waals surface area contributed by atoms with Gasteiger partial charge in [-0.1, -0.05) is 44.0 Å². The van der Waals surface area contributed by atoms with Crippen molar-refractivity contribution in [3.63, 3.8) is 0 Å². The van der Waals surface area contributed by atoms with Gasteiger partial charge in [-0.3, -0.25) is 25.0 Å². The number of carbonyl (C=O) groups excluding carboxylic acids is 1. The second-order valence-electron chi connectivity index (χ2n) is 7.27. The highest BCUT2D eigenvalue weighted by Gasteiger charge is 2.33. The molecule has 0 aromatic heterocycles. The fourth-order valence-electron chi connectivity index (χ4n) is 3.94. The number of nitriles is 1. The number of carbonyl (C=O) groups is 1. The number of anilines is 1. The zero-order valence-corrected chi connectivity index (χ0v) is 20.5. The van der Waals surface area contributed by atoms with Crippen molar-refractivity contribution in [2.45, 2.75) is 13.0 Å². The number of rotatable bonds is 8. The second-order valence-corrected chi connectivity index (χ2v) is 8.86. The lowest BCUT2D eigenvalue weighted by atomic mass is 9.94. The molecule has 0 unspecified atom stereocenters. The molecular formula is C21H19Br2N5O5. The van der Waals surface area contributed by atoms with E-state index in [4.69, 9.17) is 0 Å². The summed E-state index contributed by atoms with van der Waals surface area (Å²) in [6, 6.07) is 9.45. The fourth-order valence-corrected chi connectivity index (χ4v) is 4.80. The van der Waals surface area contributed by atoms with E-state index in [1.807, 2.05) is 6.07 Å². The van der Waals surface area contributed by atoms with Crippen LogP contribution < -0.4 is 4.90 Å². The van der Waals surface area contributed by atoms with Crippen molar-refractivity contribution in [1.29, 1.82) is 5.26 Å². The van der Waals surface area contributed by atoms with Crippen molar-refractivity contribution in [2.75, 3.05) is 35.2 Å². The minimum Gasteiger partial charge on any atom is -0.364 e. The minimum atomic E-state index is -0.739. The van der Waals surface area contributed by atoms with Gasteiger partial charge < -0.3 is 9.80 Å². The number of amides is 1. The monoisotopic (exact) mass is 579 g/mol. The molecule has 1 amide bonds. The van der Waals surface area contributed by atoms with Crippen LogP contribution in [0.4, 0.5) is 17.1 Å². The van der Waals surface area contributed by atoms with Crippen molar-refractivity contribution in [2.24, 2.45) is 0 Å². The summed E-state index contributed by atoms with van der Waals surface area (Å²) < 4.78 is 0. The number of hydrogen-bond acceptors (Lipinski definition) is 7. The topological polar surface area (TPSA) is 134 Å². The number of hydrogen-bond donors (Lipinski definition) is 0. The number of benzene rings is 2. The molecule has 0 radical (unpaired) electrons. The summed E-state index contributed by atoms with van der Waals surface area (Å²) in [5.41, 5.74) is 1.20. The Labute approximate surface area is 206 Å². The number of halogens is 2. The summed E-state index contributed by atoms with van der Waals surface area (Å²) in [7, 11) is 0. The van der Waals surface area contributed by atoms with Crippen LogP contribution in [0.3, 0.4) is 0 Å². The first-order chi connectivity index (χ1) is 15.8. The minimum absolute atomic E-state index is 0.0612. The Kier molecular flexibility index (Phi) is 7.99. The third kappa shape index (κ3) is 5.15. The third-order valence-electron chi connectivity index (χ3n) is 5.41. The van der Waals surface area contributed by atoms with E-state index in [0.717, 1.165) is 23.3 Å². The van der Waals surface area contributed by atoms with E-state index in [1.54, 1.807) is 17.0 Å². The van der Waals surface area contributed by atoms with E-state index >= 15 is 0 Å². The van der Waals surface area contributed by atoms with Crippen LogP contribution in [0, 0.1) is 31.6 Å². The van der Waals surface area contributed by atoms with Crippen molar-refractivity contribution < 1.29 is 14.6 Å². The van der Waals surface area contributed by atoms with E-state index in [2.05, 4.69) is 37.9 Å². The SMILES string of the molecule is N#Cc1cccc2c1CCN(C(=O)c1cc([N+](=O)[O-])cc([N+](=O)[O-])c1N(CCBr)CCBr)C2. The summed E-state index contributed by atoms with van der Waals surface area (Å²) >= 11 is 6.66. The highest BCUT2D eigenvalue weighted by Crippen LogP contribution is 2.38. The molecule has 0 atom stereocenters. The maximum absolute atomic E-state index is 13.6. The predicted octanol–water partition coefficient (Wildman–Crippen LogP) is 4.17. The van der Waals surface area contributed by atoms with Gasteiger partial charge in [-0.25, -0.2) is 0 Å². The molecule has 0 spiro atoms. The summed E-state index contributed by atoms with van der Waals surface area (Å²) in [6.45, 7) is 1.21. The largest absolute Gasteiger partial charge is 0.364 e. The lowest BCUT2D eigenvalue weighted by Gasteiger charge is -2.31. The maximum Gasteiger partial charge on any atom is 0.300 e. The smallest absolute Gasteiger partial charge is 0.300 e. The van der Waals surface area contributed by atoms with E-state index in [1.165, 1.54) is 4.90 Å². The molecule has 33 heavy (non-hydrogen) atoms. The molecule has 1 aliphatic heterocycles. The number of non-ortho nitro benzene ring substituents is 1. The first-order valence-corrected chi connectivity index (χ1v) is 12.2. The van der Waals surface area contributed by atoms with Crippen molar-refractivity contribution in [3.8, 4) is 6.07 Å². The predicted molar refractivity (Wildman–Crippen MR) is 129 cm³/mol. The van der Waals surface area contributed by atoms with Crippen LogP contribution in [0.1, 0.15) is 27.0 Å². The highest BCUT2D eigenvalue weighted by molar-refractivity contribution is 9.09. The first kappa shape index (κ1) is 24.6. The first-order valence-electron chi connectivity index (χ1n) is 9.96. The van der Waals surface area contributed by atoms with Crippen molar-refractivity contribution in [1.82, 2.24) is 4.90 Å². The average molecular weight is 581 g/mol. The molecule has 0 bridgehead atoms. The number of nitro groups is 2. The fraction of sp³-hybridized carbons (Fsp3) is 0.333. The van der Waals surface area contributed by atoms with Gasteiger partial charge in [0, 0.05) is 42.9 Å². The van der Waals surface area contributed by atoms with Gasteiger partial charge in [0.2, 0.25) is 0 Å². The lowest BCUT2D eigenvalue weighted by molar-refractivity contribution is -0.393. The Morgan fingerprint density at radius 3 is 2.42 bits per heavy atom. The highest BCUT2D eigenvalue weighted by atomic mass is 79.9. The third-order valence-corrected chi connectivity index (χ3v) is 6.12. The molecule has 0 saturated heterocycles. The summed E-state index contributed by atoms with van der Waals surface area (Å²) in [4.78, 5) is 38.7. The van der Waals surface area contributed by atoms with E-state index < -0.39 is 27.1 Å². The standard InChI is InChI=1S/C21H19Br2N5O5/c22-5-8-25(9-6-23)20-18(10-16(27(30)31)11-19(20)28(32)33)21(29)26-7-4-17-14(12-24)2-1-3-15(17)13-26/h1-3,10-11H,4-9,13H2. The maximum atomic E-state index is 13.6. The number of alkyl halides is 2. The van der Waals surface area contributed by atoms with Crippen LogP contribution in [0.25, 0.3) is 0 Å². The van der Waals surface area contributed by atoms with E-state index in [0.29, 0.717) is 35.7 Å². The second kappa shape index (κ2) is 10.7. The number of fused-ring (bicyclic) bond motifs is 1. The molecule has 0 saturated carbocycles. The Morgan fingerprint density at radius 2 is 1.85 bits per heavy atom. The molecule has 2 aromatic rings. The molecule has 0 fully saturated rings. The summed E-state index contributed by atoms with van der Waals surface area (Å²) in [5.74, 6) is -0.529. The number of nitrogens with zero attached hydrogens (tertiary/aromatic N) is 5. The van der Waals surface area contributed by atoms with Crippen molar-refractivity contribution >= 4 is 54.8 Å². The van der Waals surface area contributed by atoms with Gasteiger partial charge in [0.15, 0.2) is 0 Å². The van der Waals surface area contributed by atoms with Gasteiger partial charge >= 0.3 is 0 Å². The molecule has 0 N–H and O–H groups in total. The molecular weight excluding hydrogens is 562 g/mol. The quantitative estimate of drug-likeness (QED) is 0.260. The van der Waals surface area contributed by atoms with E-state index in [9.17, 15) is 30.3 Å². The zero-order valence-electron chi connectivity index (χ0n) is 17.4. The van der Waals surface area contributed by atoms with Crippen molar-refractivity contribution in [3.05, 3.63) is 72.8 Å². The Balaban J connectivity index is 2.13. The molecule has 1 aliphatic rings. The van der Waals surface area contributed by atoms with Crippen LogP contribution >= 0.6 is 31.9 Å². The molecule has 12 heteroatoms. The van der Waals surface area contributed by atoms with Gasteiger partial charge in [0.1, 0.15) is 5.69 Å². The van der Waals surface area contributed by atoms with Crippen LogP contribution in [0.5, 0.6) is 0 Å². The Bertz CT molecular complexity index is 1140. The van der Waals surface area contributed by atoms with Crippen LogP contribution in [-0.4, -0.2) is 50.9 Å². The molecule has 2 aromatic carbocycles. The molecule has 172 valence electrons. The average Bonchev–Trinajstić information content (AvgIpc) is 2.81. The Morgan fingerprint density at radius 1 is 1.15 bits per heavy atom. The number of nitro benzene ring substituents is 2. The molecule has 0 aliphatic carbocycles. The van der Waals surface area contributed by atoms with Crippen LogP contribution in [0.15, 0.2) is 30.3 Å². The summed E-state index contributed by atoms with van der Waals surface area (Å²) in [5, 5.41) is 33.7.